The average Bonchev–Trinajstić information content (AvgIpc) is 3.49. The van der Waals surface area contributed by atoms with Crippen molar-refractivity contribution in [3.63, 3.8) is 0 Å². The highest BCUT2D eigenvalue weighted by Gasteiger charge is 2.46. The minimum Gasteiger partial charge on any atom is -0.444 e. The summed E-state index contributed by atoms with van der Waals surface area (Å²) in [4.78, 5) is 24.8. The van der Waals surface area contributed by atoms with Gasteiger partial charge in [0.25, 0.3) is 0 Å². The second-order valence-corrected chi connectivity index (χ2v) is 14.2. The number of carbonyl (C=O) groups excluding carboxylic acids is 1. The SMILES string of the molecule is CNc1c(S(C)(=O)=O)c([C@H]2C[C@H]3CC[C@@H](C2)N3C(=O)OC(C)(C)C)nc2c(-c3ccc(-c4ccccc4)nc3)cnn12. The molecule has 2 aliphatic heterocycles. The van der Waals surface area contributed by atoms with Gasteiger partial charge in [0.15, 0.2) is 15.5 Å². The lowest BCUT2D eigenvalue weighted by atomic mass is 9.88. The molecule has 1 amide bonds. The molecule has 1 N–H and O–H groups in total. The second-order valence-electron chi connectivity index (χ2n) is 12.2. The maximum atomic E-state index is 13.3. The van der Waals surface area contributed by atoms with Crippen molar-refractivity contribution in [3.8, 4) is 22.4 Å². The molecular formula is C31H36N6O4S. The first-order chi connectivity index (χ1) is 19.9. The fourth-order valence-electron chi connectivity index (χ4n) is 6.41. The number of hydrogen-bond acceptors (Lipinski definition) is 8. The van der Waals surface area contributed by atoms with Crippen LogP contribution in [0.5, 0.6) is 0 Å². The molecule has 0 saturated carbocycles. The number of pyridine rings is 1. The molecule has 220 valence electrons. The van der Waals surface area contributed by atoms with Gasteiger partial charge in [-0.3, -0.25) is 4.98 Å². The summed E-state index contributed by atoms with van der Waals surface area (Å²) in [5.74, 6) is 0.226. The van der Waals surface area contributed by atoms with Gasteiger partial charge in [0.2, 0.25) is 0 Å². The molecular weight excluding hydrogens is 552 g/mol. The van der Waals surface area contributed by atoms with Gasteiger partial charge in [-0.1, -0.05) is 36.4 Å². The molecule has 10 nitrogen and oxygen atoms in total. The van der Waals surface area contributed by atoms with E-state index in [9.17, 15) is 13.2 Å². The lowest BCUT2D eigenvalue weighted by molar-refractivity contribution is 0.00559. The first kappa shape index (κ1) is 28.1. The van der Waals surface area contributed by atoms with E-state index in [0.29, 0.717) is 30.0 Å². The first-order valence-corrected chi connectivity index (χ1v) is 16.2. The summed E-state index contributed by atoms with van der Waals surface area (Å²) in [6, 6.07) is 13.8. The Morgan fingerprint density at radius 2 is 1.69 bits per heavy atom. The molecule has 2 aliphatic rings. The normalized spacial score (nSPS) is 20.6. The lowest BCUT2D eigenvalue weighted by Gasteiger charge is -2.39. The van der Waals surface area contributed by atoms with E-state index in [2.05, 4.69) is 15.4 Å². The molecule has 2 bridgehead atoms. The van der Waals surface area contributed by atoms with Crippen LogP contribution >= 0.6 is 0 Å². The van der Waals surface area contributed by atoms with Crippen LogP contribution < -0.4 is 5.32 Å². The molecule has 3 atom stereocenters. The van der Waals surface area contributed by atoms with Crippen molar-refractivity contribution < 1.29 is 17.9 Å². The highest BCUT2D eigenvalue weighted by molar-refractivity contribution is 7.91. The zero-order valence-electron chi connectivity index (χ0n) is 24.5. The smallest absolute Gasteiger partial charge is 0.410 e. The molecule has 0 unspecified atom stereocenters. The van der Waals surface area contributed by atoms with Crippen molar-refractivity contribution in [3.05, 3.63) is 60.6 Å². The molecule has 11 heteroatoms. The predicted octanol–water partition coefficient (Wildman–Crippen LogP) is 5.55. The minimum absolute atomic E-state index is 0.0359. The number of hydrogen-bond donors (Lipinski definition) is 1. The Hall–Kier alpha value is -3.99. The quantitative estimate of drug-likeness (QED) is 0.322. The van der Waals surface area contributed by atoms with Crippen LogP contribution in [0.25, 0.3) is 28.0 Å². The Balaban J connectivity index is 1.42. The maximum absolute atomic E-state index is 13.3. The molecule has 5 heterocycles. The third-order valence-electron chi connectivity index (χ3n) is 8.11. The molecule has 0 spiro atoms. The summed E-state index contributed by atoms with van der Waals surface area (Å²) in [7, 11) is -1.99. The van der Waals surface area contributed by atoms with Gasteiger partial charge < -0.3 is 15.0 Å². The monoisotopic (exact) mass is 588 g/mol. The van der Waals surface area contributed by atoms with E-state index < -0.39 is 15.4 Å². The topological polar surface area (TPSA) is 119 Å². The Kier molecular flexibility index (Phi) is 6.95. The van der Waals surface area contributed by atoms with Crippen molar-refractivity contribution in [2.75, 3.05) is 18.6 Å². The van der Waals surface area contributed by atoms with E-state index in [0.717, 1.165) is 35.2 Å². The second kappa shape index (κ2) is 10.4. The fourth-order valence-corrected chi connectivity index (χ4v) is 7.54. The number of piperidine rings is 1. The van der Waals surface area contributed by atoms with Gasteiger partial charge in [-0.15, -0.1) is 0 Å². The number of nitrogens with zero attached hydrogens (tertiary/aromatic N) is 5. The molecule has 2 fully saturated rings. The van der Waals surface area contributed by atoms with Crippen LogP contribution in [-0.4, -0.2) is 70.0 Å². The van der Waals surface area contributed by atoms with Crippen LogP contribution in [0.3, 0.4) is 0 Å². The van der Waals surface area contributed by atoms with Crippen molar-refractivity contribution in [2.45, 2.75) is 75.0 Å². The molecule has 0 radical (unpaired) electrons. The average molecular weight is 589 g/mol. The molecule has 2 saturated heterocycles. The van der Waals surface area contributed by atoms with Crippen LogP contribution in [0.4, 0.5) is 10.6 Å². The fraction of sp³-hybridized carbons (Fsp3) is 0.419. The van der Waals surface area contributed by atoms with Crippen molar-refractivity contribution in [2.24, 2.45) is 0 Å². The molecule has 42 heavy (non-hydrogen) atoms. The minimum atomic E-state index is -3.68. The number of fused-ring (bicyclic) bond motifs is 3. The van der Waals surface area contributed by atoms with Gasteiger partial charge in [0.1, 0.15) is 16.3 Å². The van der Waals surface area contributed by atoms with Gasteiger partial charge >= 0.3 is 6.09 Å². The summed E-state index contributed by atoms with van der Waals surface area (Å²) in [5, 5.41) is 7.64. The van der Waals surface area contributed by atoms with Gasteiger partial charge in [0, 0.05) is 54.2 Å². The summed E-state index contributed by atoms with van der Waals surface area (Å²) in [6.45, 7) is 5.60. The Bertz CT molecular complexity index is 1730. The van der Waals surface area contributed by atoms with Gasteiger partial charge in [-0.05, 0) is 52.5 Å². The van der Waals surface area contributed by atoms with Crippen molar-refractivity contribution in [1.82, 2.24) is 24.5 Å². The molecule has 1 aromatic carbocycles. The summed E-state index contributed by atoms with van der Waals surface area (Å²) in [6.07, 6.45) is 7.33. The molecule has 6 rings (SSSR count). The summed E-state index contributed by atoms with van der Waals surface area (Å²) < 4.78 is 33.8. The van der Waals surface area contributed by atoms with Gasteiger partial charge in [-0.25, -0.2) is 18.2 Å². The largest absolute Gasteiger partial charge is 0.444 e. The number of sulfone groups is 1. The van der Waals surface area contributed by atoms with Crippen LogP contribution in [0, 0.1) is 0 Å². The van der Waals surface area contributed by atoms with Crippen LogP contribution in [0.1, 0.15) is 58.1 Å². The van der Waals surface area contributed by atoms with Crippen LogP contribution in [-0.2, 0) is 14.6 Å². The number of anilines is 1. The maximum Gasteiger partial charge on any atom is 0.410 e. The van der Waals surface area contributed by atoms with E-state index in [4.69, 9.17) is 9.72 Å². The Labute approximate surface area is 246 Å². The summed E-state index contributed by atoms with van der Waals surface area (Å²) >= 11 is 0. The Morgan fingerprint density at radius 3 is 2.26 bits per heavy atom. The Morgan fingerprint density at radius 1 is 1.00 bits per heavy atom. The molecule has 0 aliphatic carbocycles. The highest BCUT2D eigenvalue weighted by Crippen LogP contribution is 2.46. The van der Waals surface area contributed by atoms with Gasteiger partial charge in [0.05, 0.1) is 17.6 Å². The van der Waals surface area contributed by atoms with E-state index in [1.807, 2.05) is 68.1 Å². The predicted molar refractivity (Wildman–Crippen MR) is 161 cm³/mol. The van der Waals surface area contributed by atoms with Crippen LogP contribution in [0.2, 0.25) is 0 Å². The summed E-state index contributed by atoms with van der Waals surface area (Å²) in [5.41, 5.74) is 3.95. The zero-order chi connectivity index (χ0) is 29.8. The number of carbonyl (C=O) groups is 1. The van der Waals surface area contributed by atoms with E-state index in [1.165, 1.54) is 6.26 Å². The van der Waals surface area contributed by atoms with E-state index in [-0.39, 0.29) is 29.0 Å². The number of rotatable bonds is 5. The highest BCUT2D eigenvalue weighted by atomic mass is 32.2. The lowest BCUT2D eigenvalue weighted by Crippen LogP contribution is -2.48. The van der Waals surface area contributed by atoms with Crippen molar-refractivity contribution >= 4 is 27.4 Å². The standard InChI is InChI=1S/C31H36N6O4S/c1-31(2,3)41-30(38)36-22-12-13-23(36)16-21(15-22)26-27(42(5,39)40)29(32-4)37-28(35-26)24(18-34-37)20-11-14-25(33-17-20)19-9-7-6-8-10-19/h6-11,14,17-18,21-23,32H,12-13,15-16H2,1-5H3/t21-,22+,23-. The van der Waals surface area contributed by atoms with E-state index in [1.54, 1.807) is 24.0 Å². The van der Waals surface area contributed by atoms with Crippen LogP contribution in [0.15, 0.2) is 59.8 Å². The number of aromatic nitrogens is 4. The third-order valence-corrected chi connectivity index (χ3v) is 9.25. The number of ether oxygens (including phenoxy) is 1. The number of nitrogens with one attached hydrogen (secondary N) is 1. The number of amides is 1. The number of benzene rings is 1. The van der Waals surface area contributed by atoms with E-state index >= 15 is 0 Å². The molecule has 4 aromatic rings. The van der Waals surface area contributed by atoms with Gasteiger partial charge in [-0.2, -0.15) is 9.61 Å². The first-order valence-electron chi connectivity index (χ1n) is 14.3. The third kappa shape index (κ3) is 5.10. The zero-order valence-corrected chi connectivity index (χ0v) is 25.4. The van der Waals surface area contributed by atoms with Crippen molar-refractivity contribution in [1.29, 1.82) is 0 Å². The molecule has 3 aromatic heterocycles.